The Kier molecular flexibility index (Phi) is 4.32. The summed E-state index contributed by atoms with van der Waals surface area (Å²) >= 11 is 4.04. The fourth-order valence-corrected chi connectivity index (χ4v) is 0.642. The summed E-state index contributed by atoms with van der Waals surface area (Å²) in [5, 5.41) is 0. The van der Waals surface area contributed by atoms with Crippen LogP contribution in [0.1, 0.15) is 0 Å². The molecular formula is C5H14N2S. The van der Waals surface area contributed by atoms with Crippen LogP contribution in [0.15, 0.2) is 0 Å². The van der Waals surface area contributed by atoms with Crippen molar-refractivity contribution in [2.75, 3.05) is 26.4 Å². The van der Waals surface area contributed by atoms with E-state index in [2.05, 4.69) is 17.5 Å². The molecule has 2 nitrogen and oxygen atoms in total. The lowest BCUT2D eigenvalue weighted by atomic mass is 10.3. The van der Waals surface area contributed by atoms with Gasteiger partial charge in [-0.05, 0) is 14.1 Å². The van der Waals surface area contributed by atoms with E-state index in [1.807, 2.05) is 14.1 Å². The predicted molar refractivity (Wildman–Crippen MR) is 40.4 cm³/mol. The van der Waals surface area contributed by atoms with Crippen molar-refractivity contribution in [2.45, 2.75) is 6.04 Å². The van der Waals surface area contributed by atoms with Gasteiger partial charge >= 0.3 is 0 Å². The van der Waals surface area contributed by atoms with Gasteiger partial charge in [-0.1, -0.05) is 0 Å². The molecule has 0 aliphatic heterocycles. The van der Waals surface area contributed by atoms with Crippen LogP contribution in [0.25, 0.3) is 0 Å². The van der Waals surface area contributed by atoms with E-state index in [4.69, 9.17) is 5.73 Å². The van der Waals surface area contributed by atoms with Crippen LogP contribution in [0.5, 0.6) is 0 Å². The first-order chi connectivity index (χ1) is 3.66. The highest BCUT2D eigenvalue weighted by molar-refractivity contribution is 7.80. The number of nitrogens with two attached hydrogens (primary N) is 1. The lowest BCUT2D eigenvalue weighted by molar-refractivity contribution is 0.385. The Hall–Kier alpha value is 0.270. The van der Waals surface area contributed by atoms with Gasteiger partial charge in [-0.25, -0.2) is 0 Å². The maximum absolute atomic E-state index is 5.56. The van der Waals surface area contributed by atoms with Crippen LogP contribution in [-0.2, 0) is 0 Å². The lowest BCUT2D eigenvalue weighted by Gasteiger charge is -2.13. The first-order valence-corrected chi connectivity index (χ1v) is 3.31. The lowest BCUT2D eigenvalue weighted by Crippen LogP contribution is -2.34. The molecule has 1 atom stereocenters. The van der Waals surface area contributed by atoms with Gasteiger partial charge in [0.05, 0.1) is 0 Å². The molecule has 0 aliphatic rings. The van der Waals surface area contributed by atoms with E-state index in [1.54, 1.807) is 0 Å². The van der Waals surface area contributed by atoms with Crippen molar-refractivity contribution in [1.29, 1.82) is 0 Å². The van der Waals surface area contributed by atoms with Crippen molar-refractivity contribution in [3.05, 3.63) is 0 Å². The summed E-state index contributed by atoms with van der Waals surface area (Å²) in [6, 6.07) is 0.216. The molecule has 0 fully saturated rings. The maximum Gasteiger partial charge on any atom is 0.0257 e. The highest BCUT2D eigenvalue weighted by Crippen LogP contribution is 1.84. The quantitative estimate of drug-likeness (QED) is 0.524. The van der Waals surface area contributed by atoms with Crippen LogP contribution < -0.4 is 5.73 Å². The van der Waals surface area contributed by atoms with Crippen molar-refractivity contribution in [3.8, 4) is 0 Å². The molecule has 0 spiro atoms. The van der Waals surface area contributed by atoms with Crippen LogP contribution in [-0.4, -0.2) is 37.3 Å². The Bertz CT molecular complexity index is 56.4. The van der Waals surface area contributed by atoms with Crippen LogP contribution >= 0.6 is 12.6 Å². The van der Waals surface area contributed by atoms with Gasteiger partial charge in [0.25, 0.3) is 0 Å². The molecule has 0 heterocycles. The average Bonchev–Trinajstić information content (AvgIpc) is 1.65. The molecule has 0 rings (SSSR count). The molecule has 0 aromatic heterocycles. The van der Waals surface area contributed by atoms with E-state index < -0.39 is 0 Å². The van der Waals surface area contributed by atoms with Crippen LogP contribution in [0.3, 0.4) is 0 Å². The van der Waals surface area contributed by atoms with Crippen LogP contribution in [0.2, 0.25) is 0 Å². The van der Waals surface area contributed by atoms with Crippen LogP contribution in [0, 0.1) is 0 Å². The van der Waals surface area contributed by atoms with Crippen molar-refractivity contribution in [3.63, 3.8) is 0 Å². The number of rotatable bonds is 3. The zero-order valence-corrected chi connectivity index (χ0v) is 6.36. The van der Waals surface area contributed by atoms with Crippen molar-refractivity contribution in [1.82, 2.24) is 4.90 Å². The van der Waals surface area contributed by atoms with Gasteiger partial charge in [0.15, 0.2) is 0 Å². The number of hydrogen-bond acceptors (Lipinski definition) is 3. The molecule has 3 heteroatoms. The van der Waals surface area contributed by atoms with E-state index in [0.29, 0.717) is 0 Å². The Morgan fingerprint density at radius 1 is 1.62 bits per heavy atom. The first kappa shape index (κ1) is 8.27. The van der Waals surface area contributed by atoms with Crippen molar-refractivity contribution >= 4 is 12.6 Å². The SMILES string of the molecule is CN(C)CC(N)CS. The molecule has 0 aromatic rings. The fraction of sp³-hybridized carbons (Fsp3) is 1.00. The zero-order valence-electron chi connectivity index (χ0n) is 5.46. The monoisotopic (exact) mass is 134 g/mol. The van der Waals surface area contributed by atoms with E-state index >= 15 is 0 Å². The summed E-state index contributed by atoms with van der Waals surface area (Å²) in [5.74, 6) is 0.762. The minimum absolute atomic E-state index is 0.216. The molecule has 0 amide bonds. The molecule has 0 aromatic carbocycles. The van der Waals surface area contributed by atoms with Gasteiger partial charge in [0, 0.05) is 18.3 Å². The molecule has 2 N–H and O–H groups in total. The standard InChI is InChI=1S/C5H14N2S/c1-7(2)3-5(6)4-8/h5,8H,3-4,6H2,1-2H3. The van der Waals surface area contributed by atoms with Gasteiger partial charge in [-0.2, -0.15) is 12.6 Å². The number of hydrogen-bond donors (Lipinski definition) is 2. The zero-order chi connectivity index (χ0) is 6.57. The molecule has 8 heavy (non-hydrogen) atoms. The van der Waals surface area contributed by atoms with Gasteiger partial charge in [-0.15, -0.1) is 0 Å². The number of thiol groups is 1. The molecule has 0 bridgehead atoms. The highest BCUT2D eigenvalue weighted by atomic mass is 32.1. The smallest absolute Gasteiger partial charge is 0.0257 e. The summed E-state index contributed by atoms with van der Waals surface area (Å²) in [5.41, 5.74) is 5.56. The molecule has 0 radical (unpaired) electrons. The predicted octanol–water partition coefficient (Wildman–Crippen LogP) is -0.195. The molecule has 0 saturated carbocycles. The summed E-state index contributed by atoms with van der Waals surface area (Å²) in [6.45, 7) is 0.920. The second kappa shape index (κ2) is 4.18. The fourth-order valence-electron chi connectivity index (χ4n) is 0.527. The van der Waals surface area contributed by atoms with E-state index in [1.165, 1.54) is 0 Å². The van der Waals surface area contributed by atoms with Crippen molar-refractivity contribution in [2.24, 2.45) is 5.73 Å². The molecular weight excluding hydrogens is 120 g/mol. The second-order valence-electron chi connectivity index (χ2n) is 2.20. The maximum atomic E-state index is 5.56. The summed E-state index contributed by atoms with van der Waals surface area (Å²) < 4.78 is 0. The summed E-state index contributed by atoms with van der Waals surface area (Å²) in [4.78, 5) is 2.06. The Labute approximate surface area is 56.5 Å². The molecule has 50 valence electrons. The van der Waals surface area contributed by atoms with Gasteiger partial charge in [0.2, 0.25) is 0 Å². The first-order valence-electron chi connectivity index (χ1n) is 2.68. The third-order valence-corrected chi connectivity index (χ3v) is 1.30. The minimum atomic E-state index is 0.216. The van der Waals surface area contributed by atoms with Crippen LogP contribution in [0.4, 0.5) is 0 Å². The minimum Gasteiger partial charge on any atom is -0.326 e. The normalized spacial score (nSPS) is 14.6. The summed E-state index contributed by atoms with van der Waals surface area (Å²) in [7, 11) is 4.01. The third kappa shape index (κ3) is 4.43. The molecule has 0 aliphatic carbocycles. The Morgan fingerprint density at radius 2 is 2.12 bits per heavy atom. The summed E-state index contributed by atoms with van der Waals surface area (Å²) in [6.07, 6.45) is 0. The second-order valence-corrected chi connectivity index (χ2v) is 2.57. The molecule has 0 saturated heterocycles. The number of likely N-dealkylation sites (N-methyl/N-ethyl adjacent to an activating group) is 1. The Morgan fingerprint density at radius 3 is 2.25 bits per heavy atom. The Balaban J connectivity index is 3.10. The molecule has 1 unspecified atom stereocenters. The van der Waals surface area contributed by atoms with E-state index in [0.717, 1.165) is 12.3 Å². The van der Waals surface area contributed by atoms with E-state index in [9.17, 15) is 0 Å². The highest BCUT2D eigenvalue weighted by Gasteiger charge is 1.98. The van der Waals surface area contributed by atoms with Crippen molar-refractivity contribution < 1.29 is 0 Å². The topological polar surface area (TPSA) is 29.3 Å². The largest absolute Gasteiger partial charge is 0.326 e. The average molecular weight is 134 g/mol. The third-order valence-electron chi connectivity index (χ3n) is 0.834. The van der Waals surface area contributed by atoms with Gasteiger partial charge in [-0.3, -0.25) is 0 Å². The number of nitrogens with zero attached hydrogens (tertiary/aromatic N) is 1. The van der Waals surface area contributed by atoms with Gasteiger partial charge < -0.3 is 10.6 Å². The van der Waals surface area contributed by atoms with Gasteiger partial charge in [0.1, 0.15) is 0 Å². The van der Waals surface area contributed by atoms with E-state index in [-0.39, 0.29) is 6.04 Å².